The van der Waals surface area contributed by atoms with Crippen LogP contribution in [0.4, 0.5) is 0 Å². The van der Waals surface area contributed by atoms with Crippen LogP contribution in [0.3, 0.4) is 0 Å². The van der Waals surface area contributed by atoms with Crippen molar-refractivity contribution in [2.45, 2.75) is 53.0 Å². The summed E-state index contributed by atoms with van der Waals surface area (Å²) >= 11 is 0. The summed E-state index contributed by atoms with van der Waals surface area (Å²) in [6.45, 7) is 9.88. The van der Waals surface area contributed by atoms with E-state index in [1.807, 2.05) is 6.92 Å². The van der Waals surface area contributed by atoms with Gasteiger partial charge in [0.25, 0.3) is 0 Å². The molecule has 0 spiro atoms. The molecule has 1 aliphatic rings. The van der Waals surface area contributed by atoms with E-state index in [4.69, 9.17) is 4.99 Å². The predicted molar refractivity (Wildman–Crippen MR) is 128 cm³/mol. The van der Waals surface area contributed by atoms with Crippen LogP contribution in [0.25, 0.3) is 0 Å². The van der Waals surface area contributed by atoms with E-state index in [1.165, 1.54) is 24.1 Å². The third-order valence-corrected chi connectivity index (χ3v) is 5.24. The lowest BCUT2D eigenvalue weighted by molar-refractivity contribution is 0.518. The highest BCUT2D eigenvalue weighted by atomic mass is 127. The number of aryl methyl sites for hydroxylation is 3. The molecule has 1 fully saturated rings. The maximum Gasteiger partial charge on any atom is 0.191 e. The van der Waals surface area contributed by atoms with Crippen LogP contribution in [0, 0.1) is 19.3 Å². The summed E-state index contributed by atoms with van der Waals surface area (Å²) in [5.74, 6) is 0.935. The molecule has 3 rings (SSSR count). The second-order valence-corrected chi connectivity index (χ2v) is 7.79. The van der Waals surface area contributed by atoms with Crippen LogP contribution in [0.15, 0.2) is 41.4 Å². The fourth-order valence-corrected chi connectivity index (χ4v) is 3.52. The Kier molecular flexibility index (Phi) is 8.79. The Morgan fingerprint density at radius 1 is 1.18 bits per heavy atom. The Balaban J connectivity index is 0.00000280. The summed E-state index contributed by atoms with van der Waals surface area (Å²) in [5, 5.41) is 11.4. The average Bonchev–Trinajstić information content (AvgIpc) is 3.34. The first-order valence-electron chi connectivity index (χ1n) is 10.2. The van der Waals surface area contributed by atoms with Crippen molar-refractivity contribution in [2.75, 3.05) is 19.6 Å². The fraction of sp³-hybridized carbons (Fsp3) is 0.545. The molecule has 1 aromatic heterocycles. The van der Waals surface area contributed by atoms with Gasteiger partial charge in [-0.1, -0.05) is 30.3 Å². The highest BCUT2D eigenvalue weighted by Gasteiger charge is 2.42. The second-order valence-electron chi connectivity index (χ2n) is 7.79. The van der Waals surface area contributed by atoms with Crippen molar-refractivity contribution in [3.05, 3.63) is 53.3 Å². The van der Waals surface area contributed by atoms with E-state index in [-0.39, 0.29) is 24.0 Å². The SMILES string of the molecule is CCNC(=NCC1(Cc2ccccc2)CC1)NCCCn1nc(C)cc1C.I. The van der Waals surface area contributed by atoms with Gasteiger partial charge < -0.3 is 10.6 Å². The van der Waals surface area contributed by atoms with Gasteiger partial charge in [0.1, 0.15) is 0 Å². The summed E-state index contributed by atoms with van der Waals surface area (Å²) in [7, 11) is 0. The number of guanidine groups is 1. The molecule has 5 nitrogen and oxygen atoms in total. The first-order chi connectivity index (χ1) is 13.1. The molecule has 154 valence electrons. The van der Waals surface area contributed by atoms with Crippen LogP contribution in [0.1, 0.15) is 43.1 Å². The molecular formula is C22H34IN5. The van der Waals surface area contributed by atoms with Crippen LogP contribution >= 0.6 is 24.0 Å². The minimum Gasteiger partial charge on any atom is -0.357 e. The molecule has 0 saturated heterocycles. The molecule has 1 aromatic carbocycles. The van der Waals surface area contributed by atoms with Crippen molar-refractivity contribution in [1.82, 2.24) is 20.4 Å². The number of halogens is 1. The highest BCUT2D eigenvalue weighted by molar-refractivity contribution is 14.0. The van der Waals surface area contributed by atoms with Crippen molar-refractivity contribution >= 4 is 29.9 Å². The number of hydrogen-bond acceptors (Lipinski definition) is 2. The first kappa shape index (κ1) is 22.7. The molecule has 0 amide bonds. The van der Waals surface area contributed by atoms with Gasteiger partial charge in [0.05, 0.1) is 5.69 Å². The molecule has 0 radical (unpaired) electrons. The maximum absolute atomic E-state index is 4.88. The van der Waals surface area contributed by atoms with Gasteiger partial charge in [-0.05, 0) is 63.5 Å². The van der Waals surface area contributed by atoms with Gasteiger partial charge in [-0.3, -0.25) is 9.67 Å². The highest BCUT2D eigenvalue weighted by Crippen LogP contribution is 2.48. The Bertz CT molecular complexity index is 750. The van der Waals surface area contributed by atoms with E-state index in [2.05, 4.69) is 70.7 Å². The quantitative estimate of drug-likeness (QED) is 0.239. The van der Waals surface area contributed by atoms with Gasteiger partial charge in [0, 0.05) is 31.9 Å². The molecule has 2 N–H and O–H groups in total. The Morgan fingerprint density at radius 2 is 1.93 bits per heavy atom. The largest absolute Gasteiger partial charge is 0.357 e. The summed E-state index contributed by atoms with van der Waals surface area (Å²) < 4.78 is 2.08. The van der Waals surface area contributed by atoms with E-state index in [9.17, 15) is 0 Å². The van der Waals surface area contributed by atoms with Gasteiger partial charge in [0.15, 0.2) is 5.96 Å². The Hall–Kier alpha value is -1.57. The number of aliphatic imine (C=N–C) groups is 1. The van der Waals surface area contributed by atoms with Gasteiger partial charge in [0.2, 0.25) is 0 Å². The second kappa shape index (κ2) is 10.8. The molecule has 6 heteroatoms. The number of nitrogens with zero attached hydrogens (tertiary/aromatic N) is 3. The monoisotopic (exact) mass is 495 g/mol. The minimum absolute atomic E-state index is 0. The van der Waals surface area contributed by atoms with E-state index in [0.717, 1.165) is 50.7 Å². The third kappa shape index (κ3) is 6.79. The molecule has 1 aliphatic carbocycles. The van der Waals surface area contributed by atoms with Crippen molar-refractivity contribution in [3.8, 4) is 0 Å². The van der Waals surface area contributed by atoms with E-state index in [0.29, 0.717) is 5.41 Å². The minimum atomic E-state index is 0. The van der Waals surface area contributed by atoms with Gasteiger partial charge in [-0.15, -0.1) is 24.0 Å². The van der Waals surface area contributed by atoms with Crippen molar-refractivity contribution in [2.24, 2.45) is 10.4 Å². The Labute approximate surface area is 186 Å². The molecule has 0 aliphatic heterocycles. The lowest BCUT2D eigenvalue weighted by Gasteiger charge is -2.16. The van der Waals surface area contributed by atoms with Crippen LogP contribution in [0.2, 0.25) is 0 Å². The maximum atomic E-state index is 4.88. The normalized spacial score (nSPS) is 15.0. The molecule has 1 heterocycles. The van der Waals surface area contributed by atoms with E-state index >= 15 is 0 Å². The molecule has 0 bridgehead atoms. The molecule has 1 saturated carbocycles. The zero-order valence-corrected chi connectivity index (χ0v) is 19.7. The standard InChI is InChI=1S/C22H33N5.HI/c1-4-23-21(24-13-8-14-27-19(3)15-18(2)26-27)25-17-22(11-12-22)16-20-9-6-5-7-10-20;/h5-7,9-10,15H,4,8,11-14,16-17H2,1-3H3,(H2,23,24,25);1H. The number of rotatable bonds is 9. The number of aromatic nitrogens is 2. The smallest absolute Gasteiger partial charge is 0.191 e. The number of nitrogens with one attached hydrogen (secondary N) is 2. The predicted octanol–water partition coefficient (Wildman–Crippen LogP) is 4.09. The van der Waals surface area contributed by atoms with Crippen LogP contribution in [-0.4, -0.2) is 35.4 Å². The number of benzene rings is 1. The zero-order chi connectivity index (χ0) is 19.1. The third-order valence-electron chi connectivity index (χ3n) is 5.24. The molecule has 0 unspecified atom stereocenters. The van der Waals surface area contributed by atoms with Gasteiger partial charge in [-0.2, -0.15) is 5.10 Å². The molecule has 2 aromatic rings. The van der Waals surface area contributed by atoms with E-state index in [1.54, 1.807) is 0 Å². The lowest BCUT2D eigenvalue weighted by Crippen LogP contribution is -2.38. The average molecular weight is 495 g/mol. The number of hydrogen-bond donors (Lipinski definition) is 2. The topological polar surface area (TPSA) is 54.2 Å². The zero-order valence-electron chi connectivity index (χ0n) is 17.4. The summed E-state index contributed by atoms with van der Waals surface area (Å²) in [6, 6.07) is 12.9. The molecule has 0 atom stereocenters. The van der Waals surface area contributed by atoms with Crippen LogP contribution in [-0.2, 0) is 13.0 Å². The summed E-state index contributed by atoms with van der Waals surface area (Å²) in [4.78, 5) is 4.88. The van der Waals surface area contributed by atoms with Crippen molar-refractivity contribution in [1.29, 1.82) is 0 Å². The summed E-state index contributed by atoms with van der Waals surface area (Å²) in [6.07, 6.45) is 4.72. The first-order valence-corrected chi connectivity index (χ1v) is 10.2. The lowest BCUT2D eigenvalue weighted by atomic mass is 9.97. The Morgan fingerprint density at radius 3 is 2.54 bits per heavy atom. The fourth-order valence-electron chi connectivity index (χ4n) is 3.52. The van der Waals surface area contributed by atoms with Gasteiger partial charge >= 0.3 is 0 Å². The molecular weight excluding hydrogens is 461 g/mol. The van der Waals surface area contributed by atoms with Crippen LogP contribution < -0.4 is 10.6 Å². The van der Waals surface area contributed by atoms with E-state index < -0.39 is 0 Å². The van der Waals surface area contributed by atoms with Crippen molar-refractivity contribution < 1.29 is 0 Å². The van der Waals surface area contributed by atoms with Gasteiger partial charge in [-0.25, -0.2) is 0 Å². The van der Waals surface area contributed by atoms with Crippen molar-refractivity contribution in [3.63, 3.8) is 0 Å². The molecule has 28 heavy (non-hydrogen) atoms. The summed E-state index contributed by atoms with van der Waals surface area (Å²) in [5.41, 5.74) is 4.11. The van der Waals surface area contributed by atoms with Crippen LogP contribution in [0.5, 0.6) is 0 Å².